The van der Waals surface area contributed by atoms with Crippen molar-refractivity contribution in [3.63, 3.8) is 0 Å². The second-order valence-corrected chi connectivity index (χ2v) is 15.8. The second kappa shape index (κ2) is 44.1. The monoisotopic (exact) mass is 811 g/mol. The Balaban J connectivity index is 6.59. The van der Waals surface area contributed by atoms with E-state index in [0.29, 0.717) is 51.2 Å². The number of hydrogen-bond acceptors (Lipinski definition) is 7. The van der Waals surface area contributed by atoms with Gasteiger partial charge in [-0.15, -0.1) is 0 Å². The van der Waals surface area contributed by atoms with E-state index in [0.717, 1.165) is 62.9 Å². The highest BCUT2D eigenvalue weighted by atomic mass is 16.8. The molecule has 0 rings (SSSR count). The van der Waals surface area contributed by atoms with E-state index in [1.165, 1.54) is 141 Å². The Bertz CT molecular complexity index is 818. The van der Waals surface area contributed by atoms with Crippen LogP contribution in [0.2, 0.25) is 0 Å². The van der Waals surface area contributed by atoms with E-state index in [4.69, 9.17) is 33.2 Å². The van der Waals surface area contributed by atoms with Gasteiger partial charge in [0, 0.05) is 12.8 Å². The summed E-state index contributed by atoms with van der Waals surface area (Å²) in [5.74, 6) is 2.94. The van der Waals surface area contributed by atoms with Crippen molar-refractivity contribution >= 4 is 0 Å². The molecule has 0 amide bonds. The minimum absolute atomic E-state index is 0.490. The molecule has 0 N–H and O–H groups in total. The maximum Gasteiger partial charge on any atom is 0.223 e. The lowest BCUT2D eigenvalue weighted by atomic mass is 10.1. The van der Waals surface area contributed by atoms with Gasteiger partial charge in [-0.2, -0.15) is 0 Å². The first kappa shape index (κ1) is 55.6. The van der Waals surface area contributed by atoms with Crippen LogP contribution in [0, 0.1) is 0 Å². The van der Waals surface area contributed by atoms with Crippen LogP contribution in [-0.4, -0.2) is 52.2 Å². The lowest BCUT2D eigenvalue weighted by molar-refractivity contribution is -0.242. The fourth-order valence-electron chi connectivity index (χ4n) is 7.20. The minimum Gasteiger partial charge on any atom is -0.495 e. The zero-order valence-corrected chi connectivity index (χ0v) is 39.5. The topological polar surface area (TPSA) is 64.6 Å². The first-order valence-corrected chi connectivity index (χ1v) is 24.9. The van der Waals surface area contributed by atoms with Gasteiger partial charge in [0.15, 0.2) is 11.5 Å². The van der Waals surface area contributed by atoms with Gasteiger partial charge in [0.2, 0.25) is 12.6 Å². The highest BCUT2D eigenvalue weighted by Crippen LogP contribution is 2.29. The third-order valence-corrected chi connectivity index (χ3v) is 10.5. The Morgan fingerprint density at radius 3 is 0.842 bits per heavy atom. The zero-order valence-electron chi connectivity index (χ0n) is 39.5. The predicted octanol–water partition coefficient (Wildman–Crippen LogP) is 16.0. The lowest BCUT2D eigenvalue weighted by Gasteiger charge is -2.30. The Hall–Kier alpha value is -1.44. The number of unbranched alkanes of at least 4 members (excludes halogenated alkanes) is 24. The largest absolute Gasteiger partial charge is 0.495 e. The molecular weight excluding hydrogens is 713 g/mol. The van der Waals surface area contributed by atoms with Crippen molar-refractivity contribution in [2.24, 2.45) is 0 Å². The highest BCUT2D eigenvalue weighted by Gasteiger charge is 2.32. The van der Waals surface area contributed by atoms with Crippen LogP contribution >= 0.6 is 0 Å². The summed E-state index contributed by atoms with van der Waals surface area (Å²) in [4.78, 5) is 0. The summed E-state index contributed by atoms with van der Waals surface area (Å²) in [5, 5.41) is 0. The molecule has 0 aliphatic carbocycles. The zero-order chi connectivity index (χ0) is 41.9. The maximum atomic E-state index is 7.02. The molecule has 0 spiro atoms. The summed E-state index contributed by atoms with van der Waals surface area (Å²) in [6.07, 6.45) is 34.3. The molecule has 2 atom stereocenters. The molecule has 57 heavy (non-hydrogen) atoms. The van der Waals surface area contributed by atoms with E-state index < -0.39 is 12.6 Å². The molecular formula is C50H98O7. The van der Waals surface area contributed by atoms with E-state index in [-0.39, 0.29) is 0 Å². The van der Waals surface area contributed by atoms with Crippen LogP contribution in [0.1, 0.15) is 248 Å². The van der Waals surface area contributed by atoms with Gasteiger partial charge in [0.05, 0.1) is 39.6 Å². The lowest BCUT2D eigenvalue weighted by Crippen LogP contribution is -2.34. The standard InChI is InChI=1S/C50H98O7/c1-9-17-21-25-29-31-33-37-41-45(51-13-5)47(53-15-7)49(55-43-39-35-27-23-19-11-3)57-50(56-44-40-36-28-24-20-12-4)48(54-16-8)46(52-14-6)42-38-34-32-30-26-22-18-10-2/h49-50H,9-44H2,1-8H3. The molecule has 0 heterocycles. The maximum absolute atomic E-state index is 7.02. The van der Waals surface area contributed by atoms with Gasteiger partial charge >= 0.3 is 0 Å². The number of ether oxygens (including phenoxy) is 7. The molecule has 0 aliphatic rings. The average molecular weight is 811 g/mol. The number of hydrogen-bond donors (Lipinski definition) is 0. The molecule has 0 saturated heterocycles. The summed E-state index contributed by atoms with van der Waals surface area (Å²) in [7, 11) is 0. The predicted molar refractivity (Wildman–Crippen MR) is 242 cm³/mol. The first-order valence-electron chi connectivity index (χ1n) is 24.9. The fraction of sp³-hybridized carbons (Fsp3) is 0.920. The molecule has 0 radical (unpaired) electrons. The first-order chi connectivity index (χ1) is 28.1. The van der Waals surface area contributed by atoms with Crippen molar-refractivity contribution in [1.82, 2.24) is 0 Å². The normalized spacial score (nSPS) is 13.6. The molecule has 0 aromatic heterocycles. The van der Waals surface area contributed by atoms with Crippen LogP contribution in [-0.2, 0) is 33.2 Å². The van der Waals surface area contributed by atoms with Crippen LogP contribution in [0.5, 0.6) is 0 Å². The van der Waals surface area contributed by atoms with E-state index in [1.807, 2.05) is 27.7 Å². The molecule has 7 nitrogen and oxygen atoms in total. The van der Waals surface area contributed by atoms with Crippen LogP contribution in [0.25, 0.3) is 0 Å². The Morgan fingerprint density at radius 1 is 0.298 bits per heavy atom. The van der Waals surface area contributed by atoms with E-state index in [9.17, 15) is 0 Å². The van der Waals surface area contributed by atoms with Gasteiger partial charge in [-0.25, -0.2) is 0 Å². The average Bonchev–Trinajstić information content (AvgIpc) is 3.21. The third kappa shape index (κ3) is 32.1. The molecule has 0 aliphatic heterocycles. The summed E-state index contributed by atoms with van der Waals surface area (Å²) < 4.78 is 46.1. The summed E-state index contributed by atoms with van der Waals surface area (Å²) in [6, 6.07) is 0. The van der Waals surface area contributed by atoms with Gasteiger partial charge in [-0.05, 0) is 53.4 Å². The van der Waals surface area contributed by atoms with Crippen molar-refractivity contribution in [3.8, 4) is 0 Å². The Morgan fingerprint density at radius 2 is 0.561 bits per heavy atom. The highest BCUT2D eigenvalue weighted by molar-refractivity contribution is 5.09. The minimum atomic E-state index is -0.799. The SMILES string of the molecule is CCCCCCCCCCC(OCC)=C(OCC)C(OCCCCCCCC)OC(OCCCCCCCC)C(OCC)=C(CCCCCCCCCC)OCC. The molecule has 0 aromatic rings. The summed E-state index contributed by atoms with van der Waals surface area (Å²) in [6.45, 7) is 20.5. The number of rotatable bonds is 46. The van der Waals surface area contributed by atoms with Crippen molar-refractivity contribution in [3.05, 3.63) is 23.0 Å². The van der Waals surface area contributed by atoms with Gasteiger partial charge in [0.25, 0.3) is 0 Å². The van der Waals surface area contributed by atoms with Crippen LogP contribution in [0.15, 0.2) is 23.0 Å². The summed E-state index contributed by atoms with van der Waals surface area (Å²) in [5.41, 5.74) is 0. The van der Waals surface area contributed by atoms with E-state index in [2.05, 4.69) is 27.7 Å². The number of allylic oxidation sites excluding steroid dienone is 2. The molecule has 0 bridgehead atoms. The van der Waals surface area contributed by atoms with Crippen LogP contribution in [0.3, 0.4) is 0 Å². The van der Waals surface area contributed by atoms with Crippen molar-refractivity contribution in [2.75, 3.05) is 39.6 Å². The van der Waals surface area contributed by atoms with Gasteiger partial charge < -0.3 is 33.2 Å². The van der Waals surface area contributed by atoms with E-state index >= 15 is 0 Å². The third-order valence-electron chi connectivity index (χ3n) is 10.5. The smallest absolute Gasteiger partial charge is 0.223 e. The molecule has 340 valence electrons. The van der Waals surface area contributed by atoms with Crippen LogP contribution < -0.4 is 0 Å². The van der Waals surface area contributed by atoms with Gasteiger partial charge in [-0.1, -0.05) is 182 Å². The molecule has 7 heteroatoms. The second-order valence-electron chi connectivity index (χ2n) is 15.8. The van der Waals surface area contributed by atoms with Crippen molar-refractivity contribution in [2.45, 2.75) is 261 Å². The summed E-state index contributed by atoms with van der Waals surface area (Å²) >= 11 is 0. The molecule has 2 unspecified atom stereocenters. The van der Waals surface area contributed by atoms with Gasteiger partial charge in [-0.3, -0.25) is 0 Å². The Kier molecular flexibility index (Phi) is 43.0. The molecule has 0 fully saturated rings. The van der Waals surface area contributed by atoms with Crippen molar-refractivity contribution in [1.29, 1.82) is 0 Å². The Labute approximate surface area is 355 Å². The van der Waals surface area contributed by atoms with Crippen LogP contribution in [0.4, 0.5) is 0 Å². The van der Waals surface area contributed by atoms with Crippen molar-refractivity contribution < 1.29 is 33.2 Å². The molecule has 0 saturated carbocycles. The molecule has 0 aromatic carbocycles. The van der Waals surface area contributed by atoms with Gasteiger partial charge in [0.1, 0.15) is 11.5 Å². The quantitative estimate of drug-likeness (QED) is 0.0345. The fourth-order valence-corrected chi connectivity index (χ4v) is 7.20. The van der Waals surface area contributed by atoms with E-state index in [1.54, 1.807) is 0 Å².